The number of benzene rings is 2. The normalized spacial score (nSPS) is 10.3. The number of nitrogens with zero attached hydrogens (tertiary/aromatic N) is 1. The number of hydrogen-bond donors (Lipinski definition) is 3. The molecule has 2 aromatic rings. The van der Waals surface area contributed by atoms with Gasteiger partial charge < -0.3 is 10.4 Å². The molecule has 0 spiro atoms. The molecule has 0 unspecified atom stereocenters. The molecule has 0 fully saturated rings. The van der Waals surface area contributed by atoms with Crippen LogP contribution in [0.2, 0.25) is 15.1 Å². The second kappa shape index (κ2) is 6.66. The van der Waals surface area contributed by atoms with Crippen LogP contribution in [0.1, 0.15) is 0 Å². The summed E-state index contributed by atoms with van der Waals surface area (Å²) in [6.07, 6.45) is 0. The standard InChI is InChI=1S/C13H9Cl3N2O2S/c14-7-1-2-12(19)11(6-7)18(21)13(20)17-10-4-8(15)3-9(16)5-10/h1-6,19,21H,(H,17,20). The smallest absolute Gasteiger partial charge is 0.336 e. The van der Waals surface area contributed by atoms with Crippen LogP contribution < -0.4 is 9.62 Å². The van der Waals surface area contributed by atoms with E-state index in [0.29, 0.717) is 20.8 Å². The number of carbonyl (C=O) groups is 1. The molecule has 0 saturated heterocycles. The van der Waals surface area contributed by atoms with Crippen molar-refractivity contribution in [1.29, 1.82) is 0 Å². The molecule has 2 amide bonds. The van der Waals surface area contributed by atoms with Crippen molar-refractivity contribution < 1.29 is 9.90 Å². The van der Waals surface area contributed by atoms with Gasteiger partial charge in [-0.2, -0.15) is 0 Å². The molecule has 0 aliphatic carbocycles. The van der Waals surface area contributed by atoms with E-state index in [1.165, 1.54) is 30.3 Å². The van der Waals surface area contributed by atoms with Crippen LogP contribution in [0.15, 0.2) is 36.4 Å². The maximum atomic E-state index is 12.1. The minimum atomic E-state index is -0.603. The van der Waals surface area contributed by atoms with Crippen LogP contribution in [-0.4, -0.2) is 11.1 Å². The third-order valence-corrected chi connectivity index (χ3v) is 3.54. The predicted octanol–water partition coefficient (Wildman–Crippen LogP) is 5.24. The SMILES string of the molecule is O=C(Nc1cc(Cl)cc(Cl)c1)N(S)c1cc(Cl)ccc1O. The lowest BCUT2D eigenvalue weighted by molar-refractivity contribution is 0.260. The molecule has 0 atom stereocenters. The van der Waals surface area contributed by atoms with Crippen LogP contribution in [0.4, 0.5) is 16.2 Å². The molecule has 0 aromatic heterocycles. The fourth-order valence-corrected chi connectivity index (χ4v) is 2.48. The van der Waals surface area contributed by atoms with Crippen LogP contribution in [0.5, 0.6) is 5.75 Å². The summed E-state index contributed by atoms with van der Waals surface area (Å²) in [7, 11) is 0. The third-order valence-electron chi connectivity index (χ3n) is 2.47. The fraction of sp³-hybridized carbons (Fsp3) is 0. The van der Waals surface area contributed by atoms with E-state index in [1.807, 2.05) is 0 Å². The summed E-state index contributed by atoms with van der Waals surface area (Å²) in [6.45, 7) is 0. The molecule has 0 radical (unpaired) electrons. The first kappa shape index (κ1) is 16.1. The van der Waals surface area contributed by atoms with Crippen molar-refractivity contribution in [3.63, 3.8) is 0 Å². The first-order chi connectivity index (χ1) is 9.86. The number of phenolic OH excluding ortho intramolecular Hbond substituents is 1. The topological polar surface area (TPSA) is 52.6 Å². The average molecular weight is 364 g/mol. The number of halogens is 3. The Hall–Kier alpha value is -1.27. The van der Waals surface area contributed by atoms with Crippen LogP contribution in [-0.2, 0) is 0 Å². The Kier molecular flexibility index (Phi) is 5.11. The highest BCUT2D eigenvalue weighted by molar-refractivity contribution is 7.82. The Morgan fingerprint density at radius 1 is 1.05 bits per heavy atom. The Balaban J connectivity index is 2.21. The van der Waals surface area contributed by atoms with E-state index in [2.05, 4.69) is 18.1 Å². The van der Waals surface area contributed by atoms with Crippen molar-refractivity contribution in [2.24, 2.45) is 0 Å². The summed E-state index contributed by atoms with van der Waals surface area (Å²) in [6, 6.07) is 8.28. The molecule has 110 valence electrons. The number of thiol groups is 1. The zero-order valence-electron chi connectivity index (χ0n) is 10.3. The Morgan fingerprint density at radius 3 is 2.29 bits per heavy atom. The van der Waals surface area contributed by atoms with Gasteiger partial charge in [-0.25, -0.2) is 9.10 Å². The molecule has 2 rings (SSSR count). The van der Waals surface area contributed by atoms with Crippen LogP contribution in [0.25, 0.3) is 0 Å². The summed E-state index contributed by atoms with van der Waals surface area (Å²) in [5.41, 5.74) is 0.550. The van der Waals surface area contributed by atoms with Crippen molar-refractivity contribution in [1.82, 2.24) is 0 Å². The van der Waals surface area contributed by atoms with Gasteiger partial charge in [0.2, 0.25) is 0 Å². The predicted molar refractivity (Wildman–Crippen MR) is 90.1 cm³/mol. The highest BCUT2D eigenvalue weighted by Crippen LogP contribution is 2.32. The van der Waals surface area contributed by atoms with Gasteiger partial charge >= 0.3 is 6.03 Å². The minimum absolute atomic E-state index is 0.131. The number of carbonyl (C=O) groups excluding carboxylic acids is 1. The molecule has 0 saturated carbocycles. The third kappa shape index (κ3) is 4.11. The van der Waals surface area contributed by atoms with Crippen molar-refractivity contribution >= 4 is 65.0 Å². The van der Waals surface area contributed by atoms with E-state index in [4.69, 9.17) is 34.8 Å². The summed E-state index contributed by atoms with van der Waals surface area (Å²) >= 11 is 21.6. The zero-order valence-corrected chi connectivity index (χ0v) is 13.5. The van der Waals surface area contributed by atoms with Crippen LogP contribution in [0.3, 0.4) is 0 Å². The Morgan fingerprint density at radius 2 is 1.67 bits per heavy atom. The van der Waals surface area contributed by atoms with Gasteiger partial charge in [-0.1, -0.05) is 47.6 Å². The maximum Gasteiger partial charge on any atom is 0.336 e. The van der Waals surface area contributed by atoms with E-state index < -0.39 is 6.03 Å². The van der Waals surface area contributed by atoms with Crippen LogP contribution in [0, 0.1) is 0 Å². The molecular formula is C13H9Cl3N2O2S. The molecule has 0 heterocycles. The van der Waals surface area contributed by atoms with Gasteiger partial charge in [0.1, 0.15) is 11.4 Å². The number of hydrogen-bond acceptors (Lipinski definition) is 3. The first-order valence-corrected chi connectivity index (χ1v) is 7.15. The number of aromatic hydroxyl groups is 1. The van der Waals surface area contributed by atoms with Gasteiger partial charge in [0.05, 0.1) is 0 Å². The first-order valence-electron chi connectivity index (χ1n) is 5.61. The van der Waals surface area contributed by atoms with E-state index in [0.717, 1.165) is 4.31 Å². The fourth-order valence-electron chi connectivity index (χ4n) is 1.58. The maximum absolute atomic E-state index is 12.1. The van der Waals surface area contributed by atoms with Crippen molar-refractivity contribution in [3.8, 4) is 5.75 Å². The highest BCUT2D eigenvalue weighted by atomic mass is 35.5. The van der Waals surface area contributed by atoms with Gasteiger partial charge in [-0.05, 0) is 36.4 Å². The lowest BCUT2D eigenvalue weighted by atomic mass is 10.3. The molecule has 0 aliphatic heterocycles. The van der Waals surface area contributed by atoms with E-state index in [9.17, 15) is 9.90 Å². The van der Waals surface area contributed by atoms with Crippen molar-refractivity contribution in [2.75, 3.05) is 9.62 Å². The van der Waals surface area contributed by atoms with Crippen LogP contribution >= 0.6 is 47.6 Å². The van der Waals surface area contributed by atoms with E-state index >= 15 is 0 Å². The summed E-state index contributed by atoms with van der Waals surface area (Å²) in [5, 5.41) is 13.4. The van der Waals surface area contributed by atoms with Gasteiger partial charge in [-0.3, -0.25) is 0 Å². The number of rotatable bonds is 2. The van der Waals surface area contributed by atoms with Gasteiger partial charge in [-0.15, -0.1) is 0 Å². The second-order valence-electron chi connectivity index (χ2n) is 4.03. The second-order valence-corrected chi connectivity index (χ2v) is 5.74. The van der Waals surface area contributed by atoms with Gasteiger partial charge in [0.15, 0.2) is 0 Å². The zero-order chi connectivity index (χ0) is 15.6. The number of phenols is 1. The van der Waals surface area contributed by atoms with E-state index in [-0.39, 0.29) is 11.4 Å². The Bertz CT molecular complexity index is 677. The molecule has 0 bridgehead atoms. The largest absolute Gasteiger partial charge is 0.506 e. The number of amides is 2. The molecular weight excluding hydrogens is 355 g/mol. The highest BCUT2D eigenvalue weighted by Gasteiger charge is 2.16. The number of urea groups is 1. The lowest BCUT2D eigenvalue weighted by Crippen LogP contribution is -2.26. The quantitative estimate of drug-likeness (QED) is 0.639. The molecule has 2 aromatic carbocycles. The molecule has 2 N–H and O–H groups in total. The Labute approximate surface area is 141 Å². The summed E-state index contributed by atoms with van der Waals surface area (Å²) in [4.78, 5) is 12.1. The van der Waals surface area contributed by atoms with Gasteiger partial charge in [0.25, 0.3) is 0 Å². The minimum Gasteiger partial charge on any atom is -0.506 e. The summed E-state index contributed by atoms with van der Waals surface area (Å²) in [5.74, 6) is -0.131. The van der Waals surface area contributed by atoms with Gasteiger partial charge in [0, 0.05) is 20.8 Å². The molecule has 4 nitrogen and oxygen atoms in total. The lowest BCUT2D eigenvalue weighted by Gasteiger charge is -2.18. The van der Waals surface area contributed by atoms with E-state index in [1.54, 1.807) is 6.07 Å². The number of anilines is 2. The van der Waals surface area contributed by atoms with Crippen molar-refractivity contribution in [3.05, 3.63) is 51.5 Å². The summed E-state index contributed by atoms with van der Waals surface area (Å²) < 4.78 is 0.927. The number of nitrogens with one attached hydrogen (secondary N) is 1. The average Bonchev–Trinajstić information content (AvgIpc) is 2.39. The van der Waals surface area contributed by atoms with Crippen molar-refractivity contribution in [2.45, 2.75) is 0 Å². The molecule has 0 aliphatic rings. The molecule has 8 heteroatoms. The molecule has 21 heavy (non-hydrogen) atoms. The monoisotopic (exact) mass is 362 g/mol.